The Hall–Kier alpha value is -0.455. The van der Waals surface area contributed by atoms with Gasteiger partial charge in [0.1, 0.15) is 0 Å². The van der Waals surface area contributed by atoms with Crippen LogP contribution in [0.25, 0.3) is 0 Å². The average molecular weight is 152 g/mol. The normalized spacial score (nSPS) is 18.7. The van der Waals surface area contributed by atoms with Crippen LogP contribution in [0.5, 0.6) is 0 Å². The highest BCUT2D eigenvalue weighted by atomic mass is 16.4. The molecule has 1 fully saturated rings. The summed E-state index contributed by atoms with van der Waals surface area (Å²) in [4.78, 5) is 0. The van der Waals surface area contributed by atoms with E-state index in [0.29, 0.717) is 5.92 Å². The van der Waals surface area contributed by atoms with E-state index in [9.17, 15) is 0 Å². The zero-order chi connectivity index (χ0) is 8.10. The summed E-state index contributed by atoms with van der Waals surface area (Å²) in [5, 5.41) is 16.9. The highest BCUT2D eigenvalue weighted by Gasteiger charge is 2.10. The SMILES string of the molecule is OB(O)C#CC1CCCCC1. The van der Waals surface area contributed by atoms with E-state index < -0.39 is 7.12 Å². The molecule has 0 aromatic carbocycles. The zero-order valence-electron chi connectivity index (χ0n) is 6.58. The lowest BCUT2D eigenvalue weighted by Crippen LogP contribution is -2.09. The third kappa shape index (κ3) is 3.45. The van der Waals surface area contributed by atoms with Gasteiger partial charge < -0.3 is 10.0 Å². The van der Waals surface area contributed by atoms with Crippen LogP contribution in [-0.2, 0) is 0 Å². The van der Waals surface area contributed by atoms with E-state index in [0.717, 1.165) is 12.8 Å². The van der Waals surface area contributed by atoms with Crippen molar-refractivity contribution in [3.05, 3.63) is 0 Å². The molecule has 0 aromatic rings. The Labute approximate surface area is 67.8 Å². The second-order valence-electron chi connectivity index (χ2n) is 3.00. The third-order valence-electron chi connectivity index (χ3n) is 2.02. The average Bonchev–Trinajstić information content (AvgIpc) is 2.03. The maximum Gasteiger partial charge on any atom is 0.544 e. The van der Waals surface area contributed by atoms with Crippen LogP contribution in [0.2, 0.25) is 0 Å². The summed E-state index contributed by atoms with van der Waals surface area (Å²) < 4.78 is 0. The van der Waals surface area contributed by atoms with E-state index in [1.165, 1.54) is 19.3 Å². The van der Waals surface area contributed by atoms with Gasteiger partial charge in [0, 0.05) is 5.92 Å². The van der Waals surface area contributed by atoms with Crippen LogP contribution in [0.15, 0.2) is 0 Å². The van der Waals surface area contributed by atoms with Gasteiger partial charge in [-0.1, -0.05) is 25.1 Å². The second kappa shape index (κ2) is 4.43. The molecule has 0 aromatic heterocycles. The summed E-state index contributed by atoms with van der Waals surface area (Å²) in [6.45, 7) is 0. The van der Waals surface area contributed by atoms with Crippen LogP contribution >= 0.6 is 0 Å². The lowest BCUT2D eigenvalue weighted by Gasteiger charge is -2.15. The van der Waals surface area contributed by atoms with E-state index in [2.05, 4.69) is 11.7 Å². The van der Waals surface area contributed by atoms with Crippen LogP contribution in [0.1, 0.15) is 32.1 Å². The van der Waals surface area contributed by atoms with Crippen molar-refractivity contribution >= 4 is 7.12 Å². The standard InChI is InChI=1S/C8H13BO2/c10-9(11)7-6-8-4-2-1-3-5-8/h8,10-11H,1-5H2. The lowest BCUT2D eigenvalue weighted by molar-refractivity contribution is 0.422. The van der Waals surface area contributed by atoms with Gasteiger partial charge >= 0.3 is 7.12 Å². The third-order valence-corrected chi connectivity index (χ3v) is 2.02. The summed E-state index contributed by atoms with van der Waals surface area (Å²) in [5.41, 5.74) is 0. The van der Waals surface area contributed by atoms with Crippen LogP contribution in [-0.4, -0.2) is 17.2 Å². The fourth-order valence-electron chi connectivity index (χ4n) is 1.44. The molecule has 0 aliphatic heterocycles. The van der Waals surface area contributed by atoms with Crippen LogP contribution in [0, 0.1) is 17.7 Å². The minimum absolute atomic E-state index is 0.408. The van der Waals surface area contributed by atoms with Gasteiger partial charge in [0.2, 0.25) is 0 Å². The predicted octanol–water partition coefficient (Wildman–Crippen LogP) is 0.582. The first-order valence-corrected chi connectivity index (χ1v) is 4.16. The summed E-state index contributed by atoms with van der Waals surface area (Å²) in [7, 11) is -1.45. The Kier molecular flexibility index (Phi) is 3.48. The molecule has 1 aliphatic rings. The van der Waals surface area contributed by atoms with Crippen molar-refractivity contribution in [2.24, 2.45) is 5.92 Å². The number of hydrogen-bond donors (Lipinski definition) is 2. The molecule has 2 nitrogen and oxygen atoms in total. The van der Waals surface area contributed by atoms with Gasteiger partial charge in [-0.3, -0.25) is 0 Å². The summed E-state index contributed by atoms with van der Waals surface area (Å²) >= 11 is 0. The largest absolute Gasteiger partial charge is 0.544 e. The lowest BCUT2D eigenvalue weighted by atomic mass is 9.86. The van der Waals surface area contributed by atoms with Gasteiger partial charge in [0.25, 0.3) is 0 Å². The molecular formula is C8H13BO2. The topological polar surface area (TPSA) is 40.5 Å². The van der Waals surface area contributed by atoms with E-state index >= 15 is 0 Å². The van der Waals surface area contributed by atoms with Crippen LogP contribution in [0.3, 0.4) is 0 Å². The highest BCUT2D eigenvalue weighted by Crippen LogP contribution is 2.22. The molecule has 2 N–H and O–H groups in total. The van der Waals surface area contributed by atoms with E-state index in [1.54, 1.807) is 0 Å². The molecule has 3 heteroatoms. The maximum atomic E-state index is 8.46. The first-order chi connectivity index (χ1) is 5.29. The molecule has 0 bridgehead atoms. The number of rotatable bonds is 0. The second-order valence-corrected chi connectivity index (χ2v) is 3.00. The van der Waals surface area contributed by atoms with Crippen molar-refractivity contribution in [2.45, 2.75) is 32.1 Å². The van der Waals surface area contributed by atoms with Crippen molar-refractivity contribution in [2.75, 3.05) is 0 Å². The van der Waals surface area contributed by atoms with Gasteiger partial charge in [-0.25, -0.2) is 0 Å². The van der Waals surface area contributed by atoms with Crippen molar-refractivity contribution in [3.63, 3.8) is 0 Å². The molecule has 0 spiro atoms. The Morgan fingerprint density at radius 1 is 1.09 bits per heavy atom. The summed E-state index contributed by atoms with van der Waals surface area (Å²) in [5.74, 6) is 5.66. The van der Waals surface area contributed by atoms with Crippen molar-refractivity contribution < 1.29 is 10.0 Å². The molecule has 1 rings (SSSR count). The van der Waals surface area contributed by atoms with E-state index in [4.69, 9.17) is 10.0 Å². The van der Waals surface area contributed by atoms with Crippen molar-refractivity contribution in [1.29, 1.82) is 0 Å². The molecule has 1 saturated carbocycles. The fraction of sp³-hybridized carbons (Fsp3) is 0.750. The Morgan fingerprint density at radius 2 is 1.73 bits per heavy atom. The molecule has 11 heavy (non-hydrogen) atoms. The Morgan fingerprint density at radius 3 is 2.27 bits per heavy atom. The molecule has 60 valence electrons. The Balaban J connectivity index is 2.31. The van der Waals surface area contributed by atoms with Crippen molar-refractivity contribution in [3.8, 4) is 11.7 Å². The summed E-state index contributed by atoms with van der Waals surface area (Å²) in [6, 6.07) is 0. The molecule has 0 heterocycles. The monoisotopic (exact) mass is 152 g/mol. The van der Waals surface area contributed by atoms with Gasteiger partial charge in [-0.05, 0) is 12.8 Å². The smallest absolute Gasteiger partial charge is 0.416 e. The highest BCUT2D eigenvalue weighted by molar-refractivity contribution is 6.51. The molecule has 1 aliphatic carbocycles. The molecule has 0 atom stereocenters. The first kappa shape index (κ1) is 8.64. The van der Waals surface area contributed by atoms with Gasteiger partial charge in [-0.15, -0.1) is 5.92 Å². The van der Waals surface area contributed by atoms with E-state index in [-0.39, 0.29) is 0 Å². The molecule has 0 unspecified atom stereocenters. The minimum Gasteiger partial charge on any atom is -0.416 e. The first-order valence-electron chi connectivity index (χ1n) is 4.16. The van der Waals surface area contributed by atoms with Crippen molar-refractivity contribution in [1.82, 2.24) is 0 Å². The van der Waals surface area contributed by atoms with Gasteiger partial charge in [0.15, 0.2) is 0 Å². The fourth-order valence-corrected chi connectivity index (χ4v) is 1.44. The van der Waals surface area contributed by atoms with Crippen LogP contribution < -0.4 is 0 Å². The summed E-state index contributed by atoms with van der Waals surface area (Å²) in [6.07, 6.45) is 6.03. The zero-order valence-corrected chi connectivity index (χ0v) is 6.58. The minimum atomic E-state index is -1.45. The van der Waals surface area contributed by atoms with E-state index in [1.807, 2.05) is 0 Å². The quantitative estimate of drug-likeness (QED) is 0.393. The van der Waals surface area contributed by atoms with Crippen LogP contribution in [0.4, 0.5) is 0 Å². The predicted molar refractivity (Wildman–Crippen MR) is 44.5 cm³/mol. The van der Waals surface area contributed by atoms with Gasteiger partial charge in [-0.2, -0.15) is 0 Å². The molecule has 0 saturated heterocycles. The molecular weight excluding hydrogens is 139 g/mol. The molecule has 0 amide bonds. The number of hydrogen-bond acceptors (Lipinski definition) is 2. The molecule has 0 radical (unpaired) electrons. The van der Waals surface area contributed by atoms with Gasteiger partial charge in [0.05, 0.1) is 0 Å². The Bertz CT molecular complexity index is 163. The maximum absolute atomic E-state index is 8.46.